The summed E-state index contributed by atoms with van der Waals surface area (Å²) in [4.78, 5) is 34.6. The molecule has 23 heavy (non-hydrogen) atoms. The van der Waals surface area contributed by atoms with Gasteiger partial charge in [0.2, 0.25) is 11.8 Å². The zero-order chi connectivity index (χ0) is 17.2. The summed E-state index contributed by atoms with van der Waals surface area (Å²) in [6, 6.07) is 8.42. The molecule has 3 amide bonds. The number of alkyl carbamates (subject to hydrolysis) is 1. The van der Waals surface area contributed by atoms with Crippen LogP contribution in [0.5, 0.6) is 0 Å². The third-order valence-corrected chi connectivity index (χ3v) is 3.44. The lowest BCUT2D eigenvalue weighted by molar-refractivity contribution is -0.127. The molecule has 1 aromatic rings. The second kappa shape index (κ2) is 9.45. The summed E-state index contributed by atoms with van der Waals surface area (Å²) >= 11 is 0. The average molecular weight is 321 g/mol. The molecule has 1 aromatic carbocycles. The number of nitrogens with one attached hydrogen (secondary N) is 2. The molecule has 7 heteroatoms. The lowest BCUT2D eigenvalue weighted by atomic mass is 9.98. The number of rotatable bonds is 8. The number of amides is 3. The summed E-state index contributed by atoms with van der Waals surface area (Å²) in [5.41, 5.74) is 6.11. The summed E-state index contributed by atoms with van der Waals surface area (Å²) in [6.07, 6.45) is -0.0105. The van der Waals surface area contributed by atoms with Gasteiger partial charge in [-0.3, -0.25) is 9.59 Å². The molecule has 0 saturated carbocycles. The van der Waals surface area contributed by atoms with E-state index in [1.807, 2.05) is 44.2 Å². The van der Waals surface area contributed by atoms with Crippen molar-refractivity contribution in [1.29, 1.82) is 0 Å². The van der Waals surface area contributed by atoms with E-state index in [2.05, 4.69) is 10.6 Å². The Labute approximate surface area is 135 Å². The lowest BCUT2D eigenvalue weighted by Crippen LogP contribution is -2.50. The minimum absolute atomic E-state index is 0.0820. The molecular formula is C16H23N3O4. The molecule has 0 bridgehead atoms. The van der Waals surface area contributed by atoms with Crippen LogP contribution in [-0.2, 0) is 20.9 Å². The molecule has 0 spiro atoms. The van der Waals surface area contributed by atoms with Crippen LogP contribution >= 0.6 is 0 Å². The Balaban J connectivity index is 2.34. The number of hydrogen-bond acceptors (Lipinski definition) is 4. The maximum absolute atomic E-state index is 11.8. The van der Waals surface area contributed by atoms with E-state index >= 15 is 0 Å². The van der Waals surface area contributed by atoms with Crippen molar-refractivity contribution in [3.8, 4) is 0 Å². The van der Waals surface area contributed by atoms with Crippen LogP contribution in [-0.4, -0.2) is 30.5 Å². The molecule has 0 unspecified atom stereocenters. The Morgan fingerprint density at radius 1 is 1.22 bits per heavy atom. The fourth-order valence-electron chi connectivity index (χ4n) is 1.88. The van der Waals surface area contributed by atoms with Gasteiger partial charge in [0.15, 0.2) is 0 Å². The third-order valence-electron chi connectivity index (χ3n) is 3.44. The standard InChI is InChI=1S/C16H23N3O4/c1-3-11(2)14(15(17)21)19-13(20)9-18-16(22)23-10-12-7-5-4-6-8-12/h4-8,11,14H,3,9-10H2,1-2H3,(H2,17,21)(H,18,22)(H,19,20)/t11-,14+/m0/s1. The Kier molecular flexibility index (Phi) is 7.59. The average Bonchev–Trinajstić information content (AvgIpc) is 2.55. The van der Waals surface area contributed by atoms with Gasteiger partial charge in [0.1, 0.15) is 19.2 Å². The number of nitrogens with two attached hydrogens (primary N) is 1. The van der Waals surface area contributed by atoms with Gasteiger partial charge >= 0.3 is 6.09 Å². The van der Waals surface area contributed by atoms with Gasteiger partial charge in [0.05, 0.1) is 0 Å². The molecule has 0 aromatic heterocycles. The van der Waals surface area contributed by atoms with Gasteiger partial charge in [-0.25, -0.2) is 4.79 Å². The Bertz CT molecular complexity index is 533. The fourth-order valence-corrected chi connectivity index (χ4v) is 1.88. The van der Waals surface area contributed by atoms with Crippen LogP contribution in [0.3, 0.4) is 0 Å². The first-order valence-corrected chi connectivity index (χ1v) is 7.47. The van der Waals surface area contributed by atoms with Crippen LogP contribution in [0.25, 0.3) is 0 Å². The molecule has 126 valence electrons. The number of primary amides is 1. The van der Waals surface area contributed by atoms with Gasteiger partial charge in [-0.05, 0) is 11.5 Å². The predicted octanol–water partition coefficient (Wildman–Crippen LogP) is 0.929. The molecule has 0 aliphatic rings. The van der Waals surface area contributed by atoms with E-state index < -0.39 is 23.9 Å². The Morgan fingerprint density at radius 2 is 1.87 bits per heavy atom. The molecule has 0 saturated heterocycles. The van der Waals surface area contributed by atoms with Crippen molar-refractivity contribution in [1.82, 2.24) is 10.6 Å². The number of ether oxygens (including phenoxy) is 1. The van der Waals surface area contributed by atoms with Crippen molar-refractivity contribution in [2.45, 2.75) is 32.9 Å². The van der Waals surface area contributed by atoms with Crippen LogP contribution in [0, 0.1) is 5.92 Å². The minimum atomic E-state index is -0.755. The van der Waals surface area contributed by atoms with Crippen LogP contribution in [0.1, 0.15) is 25.8 Å². The van der Waals surface area contributed by atoms with E-state index in [4.69, 9.17) is 10.5 Å². The molecule has 0 fully saturated rings. The maximum atomic E-state index is 11.8. The van der Waals surface area contributed by atoms with E-state index in [1.165, 1.54) is 0 Å². The summed E-state index contributed by atoms with van der Waals surface area (Å²) in [5, 5.41) is 4.84. The molecule has 0 aliphatic carbocycles. The van der Waals surface area contributed by atoms with Gasteiger partial charge in [-0.2, -0.15) is 0 Å². The molecule has 4 N–H and O–H groups in total. The first-order chi connectivity index (χ1) is 10.9. The van der Waals surface area contributed by atoms with E-state index in [9.17, 15) is 14.4 Å². The van der Waals surface area contributed by atoms with Crippen LogP contribution in [0.15, 0.2) is 30.3 Å². The van der Waals surface area contributed by atoms with E-state index in [0.29, 0.717) is 6.42 Å². The first kappa shape index (κ1) is 18.5. The minimum Gasteiger partial charge on any atom is -0.445 e. The number of benzene rings is 1. The highest BCUT2D eigenvalue weighted by Crippen LogP contribution is 2.06. The summed E-state index contributed by atoms with van der Waals surface area (Å²) in [5.74, 6) is -1.17. The molecule has 0 radical (unpaired) electrons. The Hall–Kier alpha value is -2.57. The first-order valence-electron chi connectivity index (χ1n) is 7.47. The topological polar surface area (TPSA) is 111 Å². The second-order valence-corrected chi connectivity index (χ2v) is 5.25. The fraction of sp³-hybridized carbons (Fsp3) is 0.438. The highest BCUT2D eigenvalue weighted by atomic mass is 16.5. The van der Waals surface area contributed by atoms with E-state index in [0.717, 1.165) is 5.56 Å². The lowest BCUT2D eigenvalue weighted by Gasteiger charge is -2.21. The van der Waals surface area contributed by atoms with Gasteiger partial charge in [-0.15, -0.1) is 0 Å². The Morgan fingerprint density at radius 3 is 2.43 bits per heavy atom. The zero-order valence-electron chi connectivity index (χ0n) is 13.4. The van der Waals surface area contributed by atoms with Gasteiger partial charge < -0.3 is 21.1 Å². The van der Waals surface area contributed by atoms with E-state index in [-0.39, 0.29) is 19.1 Å². The zero-order valence-corrected chi connectivity index (χ0v) is 13.4. The molecule has 7 nitrogen and oxygen atoms in total. The number of hydrogen-bond donors (Lipinski definition) is 3. The van der Waals surface area contributed by atoms with Crippen molar-refractivity contribution in [2.75, 3.05) is 6.54 Å². The van der Waals surface area contributed by atoms with Gasteiger partial charge in [0, 0.05) is 0 Å². The SMILES string of the molecule is CC[C@H](C)[C@@H](NC(=O)CNC(=O)OCc1ccccc1)C(N)=O. The number of carbonyl (C=O) groups excluding carboxylic acids is 3. The van der Waals surface area contributed by atoms with Crippen LogP contribution in [0.2, 0.25) is 0 Å². The van der Waals surface area contributed by atoms with Crippen molar-refractivity contribution < 1.29 is 19.1 Å². The smallest absolute Gasteiger partial charge is 0.407 e. The normalized spacial score (nSPS) is 12.8. The molecular weight excluding hydrogens is 298 g/mol. The van der Waals surface area contributed by atoms with Gasteiger partial charge in [0.25, 0.3) is 0 Å². The molecule has 0 aliphatic heterocycles. The van der Waals surface area contributed by atoms with Crippen molar-refractivity contribution in [3.05, 3.63) is 35.9 Å². The van der Waals surface area contributed by atoms with Crippen molar-refractivity contribution in [3.63, 3.8) is 0 Å². The number of carbonyl (C=O) groups is 3. The summed E-state index contributed by atoms with van der Waals surface area (Å²) in [7, 11) is 0. The second-order valence-electron chi connectivity index (χ2n) is 5.25. The molecule has 1 rings (SSSR count). The highest BCUT2D eigenvalue weighted by molar-refractivity contribution is 5.88. The van der Waals surface area contributed by atoms with Gasteiger partial charge in [-0.1, -0.05) is 50.6 Å². The van der Waals surface area contributed by atoms with Crippen molar-refractivity contribution >= 4 is 17.9 Å². The quantitative estimate of drug-likeness (QED) is 0.661. The highest BCUT2D eigenvalue weighted by Gasteiger charge is 2.23. The summed E-state index contributed by atoms with van der Waals surface area (Å²) < 4.78 is 4.98. The molecule has 0 heterocycles. The van der Waals surface area contributed by atoms with E-state index in [1.54, 1.807) is 0 Å². The monoisotopic (exact) mass is 321 g/mol. The van der Waals surface area contributed by atoms with Crippen LogP contribution < -0.4 is 16.4 Å². The summed E-state index contributed by atoms with van der Waals surface area (Å²) in [6.45, 7) is 3.54. The van der Waals surface area contributed by atoms with Crippen molar-refractivity contribution in [2.24, 2.45) is 11.7 Å². The maximum Gasteiger partial charge on any atom is 0.407 e. The molecule has 2 atom stereocenters. The largest absolute Gasteiger partial charge is 0.445 e. The third kappa shape index (κ3) is 6.82. The van der Waals surface area contributed by atoms with Crippen LogP contribution in [0.4, 0.5) is 4.79 Å². The predicted molar refractivity (Wildman–Crippen MR) is 85.2 cm³/mol.